The van der Waals surface area contributed by atoms with E-state index >= 15 is 0 Å². The fourth-order valence-electron chi connectivity index (χ4n) is 3.98. The molecule has 1 unspecified atom stereocenters. The molecule has 3 aromatic rings. The van der Waals surface area contributed by atoms with Crippen molar-refractivity contribution in [2.45, 2.75) is 25.8 Å². The van der Waals surface area contributed by atoms with Crippen molar-refractivity contribution in [3.05, 3.63) is 95.3 Å². The quantitative estimate of drug-likeness (QED) is 0.424. The van der Waals surface area contributed by atoms with Gasteiger partial charge in [0.2, 0.25) is 11.8 Å². The first-order chi connectivity index (χ1) is 17.3. The maximum Gasteiger partial charge on any atom is 0.269 e. The Hall–Kier alpha value is -4.53. The molecule has 0 spiro atoms. The molecule has 0 radical (unpaired) electrons. The van der Waals surface area contributed by atoms with Crippen LogP contribution in [0, 0.1) is 12.7 Å². The average Bonchev–Trinajstić information content (AvgIpc) is 3.16. The Morgan fingerprint density at radius 1 is 1.06 bits per heavy atom. The lowest BCUT2D eigenvalue weighted by Gasteiger charge is -2.28. The smallest absolute Gasteiger partial charge is 0.269 e. The van der Waals surface area contributed by atoms with Crippen LogP contribution in [0.4, 0.5) is 10.1 Å². The zero-order chi connectivity index (χ0) is 25.8. The number of methoxy groups -OCH3 is 1. The Morgan fingerprint density at radius 2 is 1.78 bits per heavy atom. The number of benzene rings is 3. The van der Waals surface area contributed by atoms with Crippen molar-refractivity contribution in [1.82, 2.24) is 10.4 Å². The highest BCUT2D eigenvalue weighted by atomic mass is 19.1. The van der Waals surface area contributed by atoms with Gasteiger partial charge in [0.1, 0.15) is 17.6 Å². The van der Waals surface area contributed by atoms with Crippen molar-refractivity contribution in [2.75, 3.05) is 12.0 Å². The molecule has 1 aliphatic rings. The van der Waals surface area contributed by atoms with Gasteiger partial charge < -0.3 is 4.74 Å². The molecule has 0 aliphatic carbocycles. The lowest BCUT2D eigenvalue weighted by atomic mass is 10.1. The van der Waals surface area contributed by atoms with Crippen LogP contribution in [-0.4, -0.2) is 41.8 Å². The van der Waals surface area contributed by atoms with Gasteiger partial charge in [-0.1, -0.05) is 35.9 Å². The van der Waals surface area contributed by atoms with E-state index in [0.717, 1.165) is 21.5 Å². The van der Waals surface area contributed by atoms with Crippen LogP contribution < -0.4 is 15.1 Å². The number of carbonyl (C=O) groups is 4. The van der Waals surface area contributed by atoms with E-state index in [1.54, 1.807) is 42.5 Å². The lowest BCUT2D eigenvalue weighted by Crippen LogP contribution is -2.55. The van der Waals surface area contributed by atoms with Crippen molar-refractivity contribution in [3.8, 4) is 5.75 Å². The van der Waals surface area contributed by atoms with E-state index in [2.05, 4.69) is 5.43 Å². The second kappa shape index (κ2) is 10.4. The second-order valence-corrected chi connectivity index (χ2v) is 8.37. The molecule has 1 saturated heterocycles. The molecule has 8 nitrogen and oxygen atoms in total. The molecule has 1 aliphatic heterocycles. The van der Waals surface area contributed by atoms with Crippen LogP contribution in [0.1, 0.15) is 27.9 Å². The zero-order valence-corrected chi connectivity index (χ0v) is 19.7. The van der Waals surface area contributed by atoms with E-state index in [4.69, 9.17) is 4.74 Å². The lowest BCUT2D eigenvalue weighted by molar-refractivity contribution is -0.140. The van der Waals surface area contributed by atoms with E-state index in [1.807, 2.05) is 13.0 Å². The predicted octanol–water partition coefficient (Wildman–Crippen LogP) is 3.19. The van der Waals surface area contributed by atoms with E-state index in [0.29, 0.717) is 11.3 Å². The molecule has 184 valence electrons. The number of amides is 4. The van der Waals surface area contributed by atoms with E-state index < -0.39 is 35.5 Å². The molecule has 0 bridgehead atoms. The summed E-state index contributed by atoms with van der Waals surface area (Å²) in [6, 6.07) is 17.3. The largest absolute Gasteiger partial charge is 0.497 e. The Balaban J connectivity index is 1.63. The summed E-state index contributed by atoms with van der Waals surface area (Å²) >= 11 is 0. The van der Waals surface area contributed by atoms with Gasteiger partial charge in [0.05, 0.1) is 25.6 Å². The predicted molar refractivity (Wildman–Crippen MR) is 129 cm³/mol. The number of hydrogen-bond donors (Lipinski definition) is 1. The second-order valence-electron chi connectivity index (χ2n) is 8.37. The van der Waals surface area contributed by atoms with Crippen LogP contribution in [0.3, 0.4) is 0 Å². The summed E-state index contributed by atoms with van der Waals surface area (Å²) in [6.07, 6.45) is -0.506. The first-order valence-corrected chi connectivity index (χ1v) is 11.2. The van der Waals surface area contributed by atoms with Crippen molar-refractivity contribution in [1.29, 1.82) is 0 Å². The molecular formula is C27H24FN3O5. The molecule has 4 amide bonds. The first kappa shape index (κ1) is 24.6. The number of hydrazine groups is 1. The molecular weight excluding hydrogens is 465 g/mol. The molecule has 9 heteroatoms. The van der Waals surface area contributed by atoms with E-state index in [-0.39, 0.29) is 24.1 Å². The Kier molecular flexibility index (Phi) is 7.10. The summed E-state index contributed by atoms with van der Waals surface area (Å²) < 4.78 is 18.9. The van der Waals surface area contributed by atoms with Crippen LogP contribution in [0.15, 0.2) is 72.8 Å². The van der Waals surface area contributed by atoms with Gasteiger partial charge in [-0.2, -0.15) is 0 Å². The Morgan fingerprint density at radius 3 is 2.44 bits per heavy atom. The number of nitrogens with one attached hydrogen (secondary N) is 1. The van der Waals surface area contributed by atoms with Crippen LogP contribution in [0.2, 0.25) is 0 Å². The molecule has 3 aromatic carbocycles. The fourth-order valence-corrected chi connectivity index (χ4v) is 3.98. The molecule has 1 fully saturated rings. The number of carbonyl (C=O) groups excluding carboxylic acids is 4. The highest BCUT2D eigenvalue weighted by Crippen LogP contribution is 2.26. The van der Waals surface area contributed by atoms with Gasteiger partial charge in [-0.15, -0.1) is 0 Å². The number of hydrogen-bond acceptors (Lipinski definition) is 5. The zero-order valence-electron chi connectivity index (χ0n) is 19.7. The number of rotatable bonds is 6. The number of halogens is 1. The van der Waals surface area contributed by atoms with Crippen molar-refractivity contribution in [2.24, 2.45) is 0 Å². The first-order valence-electron chi connectivity index (χ1n) is 11.2. The van der Waals surface area contributed by atoms with Gasteiger partial charge in [0, 0.05) is 5.56 Å². The third-order valence-corrected chi connectivity index (χ3v) is 5.79. The van der Waals surface area contributed by atoms with Gasteiger partial charge in [-0.25, -0.2) is 14.3 Å². The van der Waals surface area contributed by atoms with Crippen molar-refractivity contribution >= 4 is 29.3 Å². The maximum atomic E-state index is 13.8. The number of anilines is 1. The van der Waals surface area contributed by atoms with Crippen molar-refractivity contribution < 1.29 is 28.3 Å². The molecule has 4 rings (SSSR count). The molecule has 1 heterocycles. The van der Waals surface area contributed by atoms with Gasteiger partial charge in [-0.05, 0) is 55.0 Å². The maximum absolute atomic E-state index is 13.8. The summed E-state index contributed by atoms with van der Waals surface area (Å²) in [7, 11) is 1.52. The number of nitrogens with zero attached hydrogens (tertiary/aromatic N) is 2. The van der Waals surface area contributed by atoms with Crippen LogP contribution in [-0.2, 0) is 20.8 Å². The normalized spacial score (nSPS) is 15.1. The minimum Gasteiger partial charge on any atom is -0.497 e. The third kappa shape index (κ3) is 5.25. The Labute approximate surface area is 207 Å². The molecule has 0 aromatic heterocycles. The number of imide groups is 1. The summed E-state index contributed by atoms with van der Waals surface area (Å²) in [5.74, 6) is -2.55. The fraction of sp³-hybridized carbons (Fsp3) is 0.185. The minimum atomic E-state index is -1.29. The number of ether oxygens (including phenoxy) is 1. The summed E-state index contributed by atoms with van der Waals surface area (Å²) in [5.41, 5.74) is 4.33. The van der Waals surface area contributed by atoms with E-state index in [9.17, 15) is 23.6 Å². The topological polar surface area (TPSA) is 96.0 Å². The highest BCUT2D eigenvalue weighted by Gasteiger charge is 2.45. The summed E-state index contributed by atoms with van der Waals surface area (Å²) in [4.78, 5) is 53.3. The molecule has 1 atom stereocenters. The third-order valence-electron chi connectivity index (χ3n) is 5.79. The highest BCUT2D eigenvalue weighted by molar-refractivity contribution is 6.23. The molecule has 0 saturated carbocycles. The summed E-state index contributed by atoms with van der Waals surface area (Å²) in [5, 5.41) is 0.911. The van der Waals surface area contributed by atoms with Crippen LogP contribution >= 0.6 is 0 Å². The Bertz CT molecular complexity index is 1320. The van der Waals surface area contributed by atoms with Gasteiger partial charge >= 0.3 is 0 Å². The van der Waals surface area contributed by atoms with Crippen molar-refractivity contribution in [3.63, 3.8) is 0 Å². The SMILES string of the molecule is COc1ccc(CC(=O)N(NC(=O)c2cccc(C)c2)C2CC(=O)N(c3cccc(F)c3)C2=O)cc1. The molecule has 1 N–H and O–H groups in total. The van der Waals surface area contributed by atoms with Crippen LogP contribution in [0.5, 0.6) is 5.75 Å². The number of aryl methyl sites for hydroxylation is 1. The average molecular weight is 490 g/mol. The standard InChI is InChI=1S/C27H24FN3O5/c1-17-5-3-6-19(13-17)26(34)29-31(25(33)14-18-9-11-22(36-2)12-10-18)23-16-24(32)30(27(23)35)21-8-4-7-20(28)15-21/h3-13,15,23H,14,16H2,1-2H3,(H,29,34). The minimum absolute atomic E-state index is 0.0556. The van der Waals surface area contributed by atoms with E-state index in [1.165, 1.54) is 25.3 Å². The molecule has 36 heavy (non-hydrogen) atoms. The summed E-state index contributed by atoms with van der Waals surface area (Å²) in [6.45, 7) is 1.82. The van der Waals surface area contributed by atoms with Gasteiger partial charge in [-0.3, -0.25) is 24.6 Å². The van der Waals surface area contributed by atoms with Gasteiger partial charge in [0.15, 0.2) is 0 Å². The van der Waals surface area contributed by atoms with Crippen LogP contribution in [0.25, 0.3) is 0 Å². The van der Waals surface area contributed by atoms with Gasteiger partial charge in [0.25, 0.3) is 11.8 Å². The monoisotopic (exact) mass is 489 g/mol.